The number of hydrogen-bond acceptors (Lipinski definition) is 5. The van der Waals surface area contributed by atoms with Gasteiger partial charge in [-0.25, -0.2) is 0 Å². The molecule has 0 aromatic rings. The number of aliphatic hydroxyl groups excluding tert-OH is 1. The minimum Gasteiger partial charge on any atom is -0.461 e. The van der Waals surface area contributed by atoms with Crippen LogP contribution in [-0.2, 0) is 14.3 Å². The first-order valence-electron chi connectivity index (χ1n) is 7.07. The minimum absolute atomic E-state index is 0.0865. The van der Waals surface area contributed by atoms with Gasteiger partial charge < -0.3 is 14.9 Å². The number of rotatable bonds is 0. The van der Waals surface area contributed by atoms with E-state index in [1.54, 1.807) is 13.8 Å². The number of ketones is 1. The lowest BCUT2D eigenvalue weighted by Crippen LogP contribution is -2.43. The maximum absolute atomic E-state index is 12.2. The van der Waals surface area contributed by atoms with E-state index in [4.69, 9.17) is 4.74 Å². The second-order valence-corrected chi connectivity index (χ2v) is 6.69. The molecule has 1 saturated heterocycles. The van der Waals surface area contributed by atoms with E-state index < -0.39 is 29.6 Å². The molecule has 1 saturated carbocycles. The van der Waals surface area contributed by atoms with Crippen molar-refractivity contribution in [1.82, 2.24) is 0 Å². The number of carbonyl (C=O) groups is 2. The molecule has 3 rings (SSSR count). The van der Waals surface area contributed by atoms with Gasteiger partial charge in [-0.3, -0.25) is 9.59 Å². The second kappa shape index (κ2) is 4.15. The van der Waals surface area contributed by atoms with Crippen molar-refractivity contribution in [3.63, 3.8) is 0 Å². The topological polar surface area (TPSA) is 83.8 Å². The lowest BCUT2D eigenvalue weighted by Gasteiger charge is -2.33. The van der Waals surface area contributed by atoms with Crippen molar-refractivity contribution in [3.8, 4) is 0 Å². The number of esters is 1. The number of fused-ring (bicyclic) bond motifs is 3. The van der Waals surface area contributed by atoms with E-state index in [0.29, 0.717) is 0 Å². The summed E-state index contributed by atoms with van der Waals surface area (Å²) in [6.45, 7) is 5.15. The Hall–Kier alpha value is -1.20. The first kappa shape index (κ1) is 13.8. The van der Waals surface area contributed by atoms with Crippen LogP contribution in [0.25, 0.3) is 0 Å². The molecule has 0 aromatic heterocycles. The maximum Gasteiger partial charge on any atom is 0.309 e. The molecule has 0 radical (unpaired) electrons. The second-order valence-electron chi connectivity index (χ2n) is 6.69. The minimum atomic E-state index is -1.29. The van der Waals surface area contributed by atoms with E-state index >= 15 is 0 Å². The largest absolute Gasteiger partial charge is 0.461 e. The van der Waals surface area contributed by atoms with Gasteiger partial charge in [0, 0.05) is 18.3 Å². The van der Waals surface area contributed by atoms with Crippen molar-refractivity contribution in [3.05, 3.63) is 11.6 Å². The summed E-state index contributed by atoms with van der Waals surface area (Å²) >= 11 is 0. The highest BCUT2D eigenvalue weighted by Crippen LogP contribution is 2.51. The van der Waals surface area contributed by atoms with Crippen LogP contribution in [0.2, 0.25) is 0 Å². The molecular formula is C15H20O5. The van der Waals surface area contributed by atoms with Crippen LogP contribution in [0.5, 0.6) is 0 Å². The summed E-state index contributed by atoms with van der Waals surface area (Å²) < 4.78 is 5.45. The van der Waals surface area contributed by atoms with Crippen LogP contribution in [0.4, 0.5) is 0 Å². The summed E-state index contributed by atoms with van der Waals surface area (Å²) in [6, 6.07) is 0. The van der Waals surface area contributed by atoms with Crippen molar-refractivity contribution < 1.29 is 24.5 Å². The third kappa shape index (κ3) is 1.69. The highest BCUT2D eigenvalue weighted by Gasteiger charge is 2.60. The maximum atomic E-state index is 12.2. The first-order valence-corrected chi connectivity index (χ1v) is 7.07. The van der Waals surface area contributed by atoms with Crippen LogP contribution in [0.1, 0.15) is 27.2 Å². The predicted octanol–water partition coefficient (Wildman–Crippen LogP) is 0.441. The molecule has 2 N–H and O–H groups in total. The number of hydrogen-bond donors (Lipinski definition) is 2. The van der Waals surface area contributed by atoms with Crippen molar-refractivity contribution in [2.75, 3.05) is 0 Å². The summed E-state index contributed by atoms with van der Waals surface area (Å²) in [5.41, 5.74) is -0.461. The van der Waals surface area contributed by atoms with Gasteiger partial charge in [0.05, 0.1) is 23.5 Å². The van der Waals surface area contributed by atoms with Gasteiger partial charge in [-0.15, -0.1) is 0 Å². The zero-order valence-corrected chi connectivity index (χ0v) is 11.9. The Balaban J connectivity index is 2.09. The monoisotopic (exact) mass is 280 g/mol. The average Bonchev–Trinajstić information content (AvgIpc) is 2.73. The number of aliphatic hydroxyl groups is 2. The van der Waals surface area contributed by atoms with Gasteiger partial charge in [-0.2, -0.15) is 0 Å². The molecule has 1 aliphatic heterocycles. The third-order valence-corrected chi connectivity index (χ3v) is 5.23. The van der Waals surface area contributed by atoms with E-state index in [2.05, 4.69) is 0 Å². The lowest BCUT2D eigenvalue weighted by atomic mass is 9.75. The zero-order chi connectivity index (χ0) is 14.8. The fourth-order valence-corrected chi connectivity index (χ4v) is 4.31. The molecule has 0 aromatic carbocycles. The van der Waals surface area contributed by atoms with E-state index in [0.717, 1.165) is 5.57 Å². The number of ether oxygens (including phenoxy) is 1. The Morgan fingerprint density at radius 3 is 2.70 bits per heavy atom. The number of allylic oxidation sites excluding steroid dienone is 1. The van der Waals surface area contributed by atoms with Gasteiger partial charge in [0.25, 0.3) is 0 Å². The van der Waals surface area contributed by atoms with Crippen LogP contribution in [0.3, 0.4) is 0 Å². The Bertz CT molecular complexity index is 506. The van der Waals surface area contributed by atoms with Crippen molar-refractivity contribution >= 4 is 11.8 Å². The van der Waals surface area contributed by atoms with Crippen molar-refractivity contribution in [2.45, 2.75) is 45.0 Å². The predicted molar refractivity (Wildman–Crippen MR) is 69.5 cm³/mol. The van der Waals surface area contributed by atoms with Gasteiger partial charge in [0.2, 0.25) is 0 Å². The average molecular weight is 280 g/mol. The number of carbonyl (C=O) groups excluding carboxylic acids is 2. The molecule has 5 heteroatoms. The highest BCUT2D eigenvalue weighted by atomic mass is 16.6. The molecule has 2 fully saturated rings. The summed E-state index contributed by atoms with van der Waals surface area (Å²) in [5, 5.41) is 21.0. The smallest absolute Gasteiger partial charge is 0.309 e. The van der Waals surface area contributed by atoms with Crippen molar-refractivity contribution in [2.24, 2.45) is 23.7 Å². The fourth-order valence-electron chi connectivity index (χ4n) is 4.31. The Labute approximate surface area is 117 Å². The van der Waals surface area contributed by atoms with Gasteiger partial charge in [-0.05, 0) is 19.9 Å². The van der Waals surface area contributed by atoms with Crippen LogP contribution >= 0.6 is 0 Å². The molecular weight excluding hydrogens is 260 g/mol. The van der Waals surface area contributed by atoms with Crippen molar-refractivity contribution in [1.29, 1.82) is 0 Å². The molecule has 0 unspecified atom stereocenters. The van der Waals surface area contributed by atoms with E-state index in [1.807, 2.05) is 6.92 Å². The summed E-state index contributed by atoms with van der Waals surface area (Å²) in [4.78, 5) is 24.0. The summed E-state index contributed by atoms with van der Waals surface area (Å²) in [7, 11) is 0. The van der Waals surface area contributed by atoms with Gasteiger partial charge in [0.15, 0.2) is 5.78 Å². The van der Waals surface area contributed by atoms with E-state index in [-0.39, 0.29) is 30.0 Å². The molecule has 2 aliphatic carbocycles. The fraction of sp³-hybridized carbons (Fsp3) is 0.733. The highest BCUT2D eigenvalue weighted by molar-refractivity contribution is 5.96. The molecule has 20 heavy (non-hydrogen) atoms. The molecule has 0 bridgehead atoms. The molecule has 7 atom stereocenters. The molecule has 0 spiro atoms. The lowest BCUT2D eigenvalue weighted by molar-refractivity contribution is -0.148. The molecule has 110 valence electrons. The molecule has 1 heterocycles. The molecule has 3 aliphatic rings. The van der Waals surface area contributed by atoms with E-state index in [1.165, 1.54) is 6.08 Å². The summed E-state index contributed by atoms with van der Waals surface area (Å²) in [5.74, 6) is -2.20. The van der Waals surface area contributed by atoms with Crippen LogP contribution in [0, 0.1) is 23.7 Å². The van der Waals surface area contributed by atoms with E-state index in [9.17, 15) is 19.8 Å². The summed E-state index contributed by atoms with van der Waals surface area (Å²) in [6.07, 6.45) is 0.260. The standard InChI is InChI=1S/C15H20O5/c1-6-4-8(16)12-10(6)13-11(7(2)14(18)20-13)9(17)5-15(12,3)19/h4,7,9-13,17,19H,5H2,1-3H3/t7-,9-,10-,11+,12+,13+,15-/m0/s1. The SMILES string of the molecule is CC1=CC(=O)[C@@H]2[C@H]1[C@H]1OC(=O)[C@@H](C)[C@@H]1[C@@H](O)C[C@]2(C)O. The van der Waals surface area contributed by atoms with Crippen LogP contribution in [-0.4, -0.2) is 39.8 Å². The third-order valence-electron chi connectivity index (χ3n) is 5.23. The normalized spacial score (nSPS) is 51.1. The Kier molecular flexibility index (Phi) is 2.86. The molecule has 5 nitrogen and oxygen atoms in total. The first-order chi connectivity index (χ1) is 9.24. The van der Waals surface area contributed by atoms with Gasteiger partial charge in [-0.1, -0.05) is 12.5 Å². The van der Waals surface area contributed by atoms with Gasteiger partial charge >= 0.3 is 5.97 Å². The van der Waals surface area contributed by atoms with Crippen LogP contribution < -0.4 is 0 Å². The zero-order valence-electron chi connectivity index (χ0n) is 11.9. The quantitative estimate of drug-likeness (QED) is 0.629. The van der Waals surface area contributed by atoms with Gasteiger partial charge in [0.1, 0.15) is 6.10 Å². The van der Waals surface area contributed by atoms with Crippen LogP contribution in [0.15, 0.2) is 11.6 Å². The Morgan fingerprint density at radius 2 is 2.05 bits per heavy atom. The Morgan fingerprint density at radius 1 is 1.40 bits per heavy atom. The molecule has 0 amide bonds.